The van der Waals surface area contributed by atoms with Crippen LogP contribution < -0.4 is 13.7 Å². The summed E-state index contributed by atoms with van der Waals surface area (Å²) in [6.45, 7) is 4.08. The molecule has 0 bridgehead atoms. The van der Waals surface area contributed by atoms with Crippen molar-refractivity contribution < 1.29 is 31.7 Å². The van der Waals surface area contributed by atoms with Gasteiger partial charge >= 0.3 is 10.1 Å². The van der Waals surface area contributed by atoms with Crippen LogP contribution in [0.4, 0.5) is 4.79 Å². The Morgan fingerprint density at radius 2 is 1.67 bits per heavy atom. The van der Waals surface area contributed by atoms with Crippen LogP contribution in [0.3, 0.4) is 0 Å². The lowest BCUT2D eigenvalue weighted by Gasteiger charge is -2.15. The average molecular weight is 609 g/mol. The van der Waals surface area contributed by atoms with E-state index in [1.807, 2.05) is 31.2 Å². The third-order valence-corrected chi connectivity index (χ3v) is 8.08. The smallest absolute Gasteiger partial charge is 0.339 e. The van der Waals surface area contributed by atoms with Gasteiger partial charge in [0.25, 0.3) is 11.1 Å². The first-order valence-corrected chi connectivity index (χ1v) is 14.7. The lowest BCUT2D eigenvalue weighted by atomic mass is 10.2. The maximum absolute atomic E-state index is 12.9. The quantitative estimate of drug-likeness (QED) is 0.188. The van der Waals surface area contributed by atoms with E-state index in [9.17, 15) is 18.0 Å². The fourth-order valence-electron chi connectivity index (χ4n) is 3.51. The second kappa shape index (κ2) is 12.3. The van der Waals surface area contributed by atoms with E-state index >= 15 is 0 Å². The first kappa shape index (κ1) is 28.8. The van der Waals surface area contributed by atoms with Crippen molar-refractivity contribution in [3.05, 3.63) is 86.7 Å². The first-order chi connectivity index (χ1) is 18.6. The minimum absolute atomic E-state index is 0.0551. The standard InChI is InChI=1S/C27H23Cl2NO7S2/c1-3-35-23-15-18(14-22(29)25(23)37-39(33,34)21-10-6-19(28)7-11-21)16-24-26(31)30(27(32)38-24)12-13-36-20-8-4-17(2)5-9-20/h4-11,14-16H,3,12-13H2,1-2H3/b24-16-. The molecule has 8 nitrogen and oxygen atoms in total. The summed E-state index contributed by atoms with van der Waals surface area (Å²) in [6.07, 6.45) is 1.48. The maximum Gasteiger partial charge on any atom is 0.339 e. The van der Waals surface area contributed by atoms with Crippen LogP contribution in [0.25, 0.3) is 6.08 Å². The van der Waals surface area contributed by atoms with Crippen molar-refractivity contribution in [2.24, 2.45) is 0 Å². The van der Waals surface area contributed by atoms with E-state index in [-0.39, 0.29) is 46.1 Å². The second-order valence-electron chi connectivity index (χ2n) is 8.25. The molecule has 204 valence electrons. The van der Waals surface area contributed by atoms with E-state index in [2.05, 4.69) is 0 Å². The topological polar surface area (TPSA) is 99.2 Å². The highest BCUT2D eigenvalue weighted by atomic mass is 35.5. The van der Waals surface area contributed by atoms with Crippen molar-refractivity contribution >= 4 is 62.3 Å². The fraction of sp³-hybridized carbons (Fsp3) is 0.185. The molecule has 1 heterocycles. The first-order valence-electron chi connectivity index (χ1n) is 11.7. The molecule has 0 aromatic heterocycles. The number of thioether (sulfide) groups is 1. The van der Waals surface area contributed by atoms with Crippen LogP contribution in [0.2, 0.25) is 10.0 Å². The summed E-state index contributed by atoms with van der Waals surface area (Å²) in [5, 5.41) is -0.117. The summed E-state index contributed by atoms with van der Waals surface area (Å²) in [5.41, 5.74) is 1.51. The van der Waals surface area contributed by atoms with Gasteiger partial charge in [0.05, 0.1) is 23.1 Å². The highest BCUT2D eigenvalue weighted by Crippen LogP contribution is 2.40. The SMILES string of the molecule is CCOc1cc(/C=C2\SC(=O)N(CCOc3ccc(C)cc3)C2=O)cc(Cl)c1OS(=O)(=O)c1ccc(Cl)cc1. The van der Waals surface area contributed by atoms with E-state index in [4.69, 9.17) is 36.9 Å². The summed E-state index contributed by atoms with van der Waals surface area (Å²) in [6, 6.07) is 15.8. The van der Waals surface area contributed by atoms with Crippen LogP contribution in [0.1, 0.15) is 18.1 Å². The summed E-state index contributed by atoms with van der Waals surface area (Å²) in [4.78, 5) is 26.6. The zero-order chi connectivity index (χ0) is 28.2. The lowest BCUT2D eigenvalue weighted by Crippen LogP contribution is -2.32. The molecule has 0 atom stereocenters. The predicted octanol–water partition coefficient (Wildman–Crippen LogP) is 6.58. The Kier molecular flexibility index (Phi) is 9.12. The highest BCUT2D eigenvalue weighted by Gasteiger charge is 2.35. The molecule has 12 heteroatoms. The average Bonchev–Trinajstić information content (AvgIpc) is 3.15. The summed E-state index contributed by atoms with van der Waals surface area (Å²) < 4.78 is 42.1. The summed E-state index contributed by atoms with van der Waals surface area (Å²) in [5.74, 6) is 0.0188. The Morgan fingerprint density at radius 3 is 2.33 bits per heavy atom. The number of carbonyl (C=O) groups is 2. The maximum atomic E-state index is 12.9. The third-order valence-electron chi connectivity index (χ3n) is 5.40. The zero-order valence-corrected chi connectivity index (χ0v) is 24.0. The molecule has 3 aromatic rings. The Balaban J connectivity index is 1.52. The molecule has 1 aliphatic heterocycles. The monoisotopic (exact) mass is 607 g/mol. The molecule has 1 fully saturated rings. The van der Waals surface area contributed by atoms with E-state index < -0.39 is 21.3 Å². The van der Waals surface area contributed by atoms with Crippen molar-refractivity contribution in [1.29, 1.82) is 0 Å². The number of imide groups is 1. The van der Waals surface area contributed by atoms with Gasteiger partial charge in [-0.3, -0.25) is 14.5 Å². The molecule has 2 amide bonds. The van der Waals surface area contributed by atoms with Crippen LogP contribution in [-0.4, -0.2) is 44.2 Å². The Hall–Kier alpha value is -3.18. The van der Waals surface area contributed by atoms with Gasteiger partial charge in [-0.1, -0.05) is 40.9 Å². The molecule has 0 N–H and O–H groups in total. The van der Waals surface area contributed by atoms with E-state index in [1.54, 1.807) is 6.92 Å². The minimum Gasteiger partial charge on any atom is -0.492 e. The van der Waals surface area contributed by atoms with Gasteiger partial charge in [-0.25, -0.2) is 0 Å². The molecule has 3 aromatic carbocycles. The van der Waals surface area contributed by atoms with Gasteiger partial charge in [0.1, 0.15) is 17.3 Å². The number of hydrogen-bond donors (Lipinski definition) is 0. The summed E-state index contributed by atoms with van der Waals surface area (Å²) in [7, 11) is -4.24. The third kappa shape index (κ3) is 7.07. The number of carbonyl (C=O) groups excluding carboxylic acids is 2. The van der Waals surface area contributed by atoms with Crippen LogP contribution in [0.15, 0.2) is 70.5 Å². The van der Waals surface area contributed by atoms with Gasteiger partial charge in [0, 0.05) is 5.02 Å². The van der Waals surface area contributed by atoms with Gasteiger partial charge in [0.15, 0.2) is 5.75 Å². The molecule has 0 spiro atoms. The number of halogens is 2. The molecule has 0 aliphatic carbocycles. The number of nitrogens with zero attached hydrogens (tertiary/aromatic N) is 1. The lowest BCUT2D eigenvalue weighted by molar-refractivity contribution is -0.123. The minimum atomic E-state index is -4.24. The molecule has 4 rings (SSSR count). The van der Waals surface area contributed by atoms with Crippen molar-refractivity contribution in [3.63, 3.8) is 0 Å². The van der Waals surface area contributed by atoms with Gasteiger partial charge in [-0.15, -0.1) is 0 Å². The Morgan fingerprint density at radius 1 is 0.974 bits per heavy atom. The van der Waals surface area contributed by atoms with Gasteiger partial charge < -0.3 is 13.7 Å². The largest absolute Gasteiger partial charge is 0.492 e. The van der Waals surface area contributed by atoms with E-state index in [1.165, 1.54) is 42.5 Å². The van der Waals surface area contributed by atoms with Crippen molar-refractivity contribution in [2.45, 2.75) is 18.7 Å². The molecule has 39 heavy (non-hydrogen) atoms. The second-order valence-corrected chi connectivity index (χ2v) is 11.6. The number of benzene rings is 3. The number of ether oxygens (including phenoxy) is 2. The van der Waals surface area contributed by atoms with Crippen molar-refractivity contribution in [2.75, 3.05) is 19.8 Å². The predicted molar refractivity (Wildman–Crippen MR) is 151 cm³/mol. The number of hydrogen-bond acceptors (Lipinski definition) is 8. The Labute approximate surface area is 240 Å². The zero-order valence-electron chi connectivity index (χ0n) is 20.8. The van der Waals surface area contributed by atoms with E-state index in [0.29, 0.717) is 16.3 Å². The molecular weight excluding hydrogens is 585 g/mol. The van der Waals surface area contributed by atoms with Crippen LogP contribution >= 0.6 is 35.0 Å². The molecular formula is C27H23Cl2NO7S2. The normalized spacial score (nSPS) is 14.7. The molecule has 1 saturated heterocycles. The van der Waals surface area contributed by atoms with Crippen LogP contribution in [0.5, 0.6) is 17.2 Å². The molecule has 0 radical (unpaired) electrons. The fourth-order valence-corrected chi connectivity index (χ4v) is 5.76. The van der Waals surface area contributed by atoms with E-state index in [0.717, 1.165) is 22.2 Å². The highest BCUT2D eigenvalue weighted by molar-refractivity contribution is 8.18. The number of aryl methyl sites for hydroxylation is 1. The van der Waals surface area contributed by atoms with Gasteiger partial charge in [-0.2, -0.15) is 8.42 Å². The van der Waals surface area contributed by atoms with Crippen LogP contribution in [-0.2, 0) is 14.9 Å². The van der Waals surface area contributed by atoms with Crippen molar-refractivity contribution in [1.82, 2.24) is 4.90 Å². The van der Waals surface area contributed by atoms with Gasteiger partial charge in [0.2, 0.25) is 5.75 Å². The van der Waals surface area contributed by atoms with Gasteiger partial charge in [-0.05, 0) is 85.8 Å². The van der Waals surface area contributed by atoms with Crippen LogP contribution in [0, 0.1) is 6.92 Å². The molecule has 1 aliphatic rings. The number of rotatable bonds is 10. The Bertz CT molecular complexity index is 1520. The van der Waals surface area contributed by atoms with Crippen molar-refractivity contribution in [3.8, 4) is 17.2 Å². The summed E-state index contributed by atoms with van der Waals surface area (Å²) >= 11 is 13.0. The number of amides is 2. The molecule has 0 saturated carbocycles. The molecule has 0 unspecified atom stereocenters.